The zero-order valence-electron chi connectivity index (χ0n) is 10.6. The van der Waals surface area contributed by atoms with E-state index in [1.807, 2.05) is 19.1 Å². The van der Waals surface area contributed by atoms with Crippen molar-refractivity contribution in [2.45, 2.75) is 6.92 Å². The molecule has 2 aromatic heterocycles. The Labute approximate surface area is 116 Å². The lowest BCUT2D eigenvalue weighted by molar-refractivity contribution is 0.102. The molecule has 2 heterocycles. The Balaban J connectivity index is 2.25. The molecule has 0 aliphatic rings. The van der Waals surface area contributed by atoms with Crippen LogP contribution in [0.25, 0.3) is 0 Å². The molecule has 0 bridgehead atoms. The first-order valence-corrected chi connectivity index (χ1v) is 6.06. The van der Waals surface area contributed by atoms with Gasteiger partial charge in [0.2, 0.25) is 0 Å². The molecule has 0 unspecified atom stereocenters. The fourth-order valence-electron chi connectivity index (χ4n) is 1.55. The number of hydrogen-bond acceptors (Lipinski definition) is 4. The second-order valence-electron chi connectivity index (χ2n) is 3.94. The molecule has 0 aliphatic carbocycles. The van der Waals surface area contributed by atoms with Crippen molar-refractivity contribution in [1.29, 1.82) is 0 Å². The molecule has 0 saturated heterocycles. The molecule has 2 N–H and O–H groups in total. The van der Waals surface area contributed by atoms with Crippen LogP contribution in [0.3, 0.4) is 0 Å². The van der Waals surface area contributed by atoms with Crippen molar-refractivity contribution in [3.8, 4) is 0 Å². The molecule has 0 aromatic carbocycles. The van der Waals surface area contributed by atoms with Gasteiger partial charge in [0.25, 0.3) is 5.91 Å². The van der Waals surface area contributed by atoms with Gasteiger partial charge in [-0.3, -0.25) is 4.79 Å². The van der Waals surface area contributed by atoms with Gasteiger partial charge in [-0.25, -0.2) is 9.97 Å². The van der Waals surface area contributed by atoms with Crippen molar-refractivity contribution in [3.05, 3.63) is 46.7 Å². The highest BCUT2D eigenvalue weighted by atomic mass is 35.5. The van der Waals surface area contributed by atoms with E-state index in [0.717, 1.165) is 5.56 Å². The number of amides is 1. The minimum Gasteiger partial charge on any atom is -0.373 e. The number of pyridine rings is 2. The van der Waals surface area contributed by atoms with Gasteiger partial charge in [-0.1, -0.05) is 17.7 Å². The van der Waals surface area contributed by atoms with Crippen LogP contribution in [0.15, 0.2) is 30.5 Å². The molecule has 6 heteroatoms. The Morgan fingerprint density at radius 2 is 2.16 bits per heavy atom. The maximum absolute atomic E-state index is 12.1. The first kappa shape index (κ1) is 13.3. The summed E-state index contributed by atoms with van der Waals surface area (Å²) in [5, 5.41) is 5.85. The fraction of sp³-hybridized carbons (Fsp3) is 0.154. The van der Waals surface area contributed by atoms with Crippen LogP contribution in [-0.4, -0.2) is 22.9 Å². The van der Waals surface area contributed by atoms with Crippen molar-refractivity contribution >= 4 is 29.1 Å². The van der Waals surface area contributed by atoms with Crippen LogP contribution in [-0.2, 0) is 0 Å². The van der Waals surface area contributed by atoms with Crippen LogP contribution >= 0.6 is 11.6 Å². The number of rotatable bonds is 3. The molecule has 2 aromatic rings. The normalized spacial score (nSPS) is 10.1. The monoisotopic (exact) mass is 276 g/mol. The van der Waals surface area contributed by atoms with Crippen LogP contribution in [0.5, 0.6) is 0 Å². The Kier molecular flexibility index (Phi) is 3.97. The van der Waals surface area contributed by atoms with Crippen molar-refractivity contribution < 1.29 is 4.79 Å². The summed E-state index contributed by atoms with van der Waals surface area (Å²) >= 11 is 5.86. The summed E-state index contributed by atoms with van der Waals surface area (Å²) in [5.41, 5.74) is 1.32. The van der Waals surface area contributed by atoms with Crippen molar-refractivity contribution in [3.63, 3.8) is 0 Å². The van der Waals surface area contributed by atoms with E-state index in [0.29, 0.717) is 17.2 Å². The summed E-state index contributed by atoms with van der Waals surface area (Å²) in [4.78, 5) is 20.3. The fourth-order valence-corrected chi connectivity index (χ4v) is 1.76. The summed E-state index contributed by atoms with van der Waals surface area (Å²) in [6.07, 6.45) is 1.63. The number of aromatic nitrogens is 2. The van der Waals surface area contributed by atoms with Gasteiger partial charge in [0.1, 0.15) is 16.8 Å². The Hall–Kier alpha value is -2.14. The van der Waals surface area contributed by atoms with Crippen LogP contribution in [0, 0.1) is 6.92 Å². The zero-order chi connectivity index (χ0) is 13.8. The van der Waals surface area contributed by atoms with Gasteiger partial charge >= 0.3 is 0 Å². The minimum atomic E-state index is -0.275. The van der Waals surface area contributed by atoms with E-state index in [1.165, 1.54) is 6.07 Å². The highest BCUT2D eigenvalue weighted by Gasteiger charge is 2.10. The molecule has 2 rings (SSSR count). The van der Waals surface area contributed by atoms with Crippen LogP contribution in [0.4, 0.5) is 11.6 Å². The van der Waals surface area contributed by atoms with Gasteiger partial charge in [0.05, 0.1) is 0 Å². The first-order valence-electron chi connectivity index (χ1n) is 5.68. The third-order valence-corrected chi connectivity index (χ3v) is 2.75. The summed E-state index contributed by atoms with van der Waals surface area (Å²) in [5.74, 6) is 0.796. The Bertz CT molecular complexity index is 615. The number of nitrogens with zero attached hydrogens (tertiary/aromatic N) is 2. The van der Waals surface area contributed by atoms with E-state index in [9.17, 15) is 4.79 Å². The van der Waals surface area contributed by atoms with E-state index in [1.54, 1.807) is 19.3 Å². The quantitative estimate of drug-likeness (QED) is 0.846. The average Bonchev–Trinajstić information content (AvgIpc) is 2.40. The number of carbonyl (C=O) groups is 1. The van der Waals surface area contributed by atoms with Crippen LogP contribution < -0.4 is 10.6 Å². The lowest BCUT2D eigenvalue weighted by Crippen LogP contribution is -2.14. The van der Waals surface area contributed by atoms with Gasteiger partial charge in [0, 0.05) is 18.8 Å². The van der Waals surface area contributed by atoms with Crippen LogP contribution in [0.2, 0.25) is 5.15 Å². The largest absolute Gasteiger partial charge is 0.373 e. The number of nitrogens with one attached hydrogen (secondary N) is 2. The standard InChI is InChI=1S/C13H13ClN4O/c1-8-4-3-5-16-12(8)18-13(19)9-6-10(14)17-11(7-9)15-2/h3-7H,1-2H3,(H,15,17)(H,16,18,19). The number of anilines is 2. The molecule has 0 saturated carbocycles. The zero-order valence-corrected chi connectivity index (χ0v) is 11.3. The highest BCUT2D eigenvalue weighted by molar-refractivity contribution is 6.30. The van der Waals surface area contributed by atoms with Crippen molar-refractivity contribution in [2.24, 2.45) is 0 Å². The summed E-state index contributed by atoms with van der Waals surface area (Å²) < 4.78 is 0. The summed E-state index contributed by atoms with van der Waals surface area (Å²) in [6, 6.07) is 6.82. The summed E-state index contributed by atoms with van der Waals surface area (Å²) in [6.45, 7) is 1.88. The lowest BCUT2D eigenvalue weighted by Gasteiger charge is -2.08. The van der Waals surface area contributed by atoms with Gasteiger partial charge < -0.3 is 10.6 Å². The maximum Gasteiger partial charge on any atom is 0.257 e. The predicted octanol–water partition coefficient (Wildman–Crippen LogP) is 2.73. The molecule has 19 heavy (non-hydrogen) atoms. The molecule has 5 nitrogen and oxygen atoms in total. The van der Waals surface area contributed by atoms with Crippen molar-refractivity contribution in [1.82, 2.24) is 9.97 Å². The van der Waals surface area contributed by atoms with E-state index in [-0.39, 0.29) is 11.1 Å². The second-order valence-corrected chi connectivity index (χ2v) is 4.32. The molecule has 98 valence electrons. The highest BCUT2D eigenvalue weighted by Crippen LogP contribution is 2.16. The van der Waals surface area contributed by atoms with Gasteiger partial charge in [-0.05, 0) is 30.7 Å². The molecule has 0 aliphatic heterocycles. The number of aryl methyl sites for hydroxylation is 1. The smallest absolute Gasteiger partial charge is 0.257 e. The lowest BCUT2D eigenvalue weighted by atomic mass is 10.2. The SMILES string of the molecule is CNc1cc(C(=O)Nc2ncccc2C)cc(Cl)n1. The Morgan fingerprint density at radius 1 is 1.37 bits per heavy atom. The maximum atomic E-state index is 12.1. The van der Waals surface area contributed by atoms with Crippen LogP contribution in [0.1, 0.15) is 15.9 Å². The van der Waals surface area contributed by atoms with E-state index >= 15 is 0 Å². The summed E-state index contributed by atoms with van der Waals surface area (Å²) in [7, 11) is 1.71. The molecule has 0 atom stereocenters. The minimum absolute atomic E-state index is 0.259. The predicted molar refractivity (Wildman–Crippen MR) is 75.7 cm³/mol. The molecule has 0 spiro atoms. The number of halogens is 1. The van der Waals surface area contributed by atoms with Crippen molar-refractivity contribution in [2.75, 3.05) is 17.7 Å². The van der Waals surface area contributed by atoms with Gasteiger partial charge in [-0.15, -0.1) is 0 Å². The molecular formula is C13H13ClN4O. The first-order chi connectivity index (χ1) is 9.10. The molecular weight excluding hydrogens is 264 g/mol. The Morgan fingerprint density at radius 3 is 2.84 bits per heavy atom. The van der Waals surface area contributed by atoms with E-state index in [2.05, 4.69) is 20.6 Å². The molecule has 0 radical (unpaired) electrons. The number of carbonyl (C=O) groups excluding carboxylic acids is 1. The van der Waals surface area contributed by atoms with E-state index in [4.69, 9.17) is 11.6 Å². The molecule has 1 amide bonds. The van der Waals surface area contributed by atoms with Gasteiger partial charge in [0.15, 0.2) is 0 Å². The number of hydrogen-bond donors (Lipinski definition) is 2. The average molecular weight is 277 g/mol. The van der Waals surface area contributed by atoms with Gasteiger partial charge in [-0.2, -0.15) is 0 Å². The third kappa shape index (κ3) is 3.20. The second kappa shape index (κ2) is 5.67. The van der Waals surface area contributed by atoms with E-state index < -0.39 is 0 Å². The molecule has 0 fully saturated rings. The third-order valence-electron chi connectivity index (χ3n) is 2.55. The topological polar surface area (TPSA) is 66.9 Å².